The summed E-state index contributed by atoms with van der Waals surface area (Å²) >= 11 is 0. The maximum Gasteiger partial charge on any atom is 0.257 e. The quantitative estimate of drug-likeness (QED) is 0.852. The van der Waals surface area contributed by atoms with Gasteiger partial charge in [0.2, 0.25) is 5.95 Å². The largest absolute Gasteiger partial charge is 0.364 e. The fraction of sp³-hybridized carbons (Fsp3) is 0.429. The maximum atomic E-state index is 12.6. The Bertz CT molecular complexity index is 624. The summed E-state index contributed by atoms with van der Waals surface area (Å²) in [5.41, 5.74) is 1.84. The highest BCUT2D eigenvalue weighted by atomic mass is 16.5. The smallest absolute Gasteiger partial charge is 0.257 e. The van der Waals surface area contributed by atoms with Crippen LogP contribution in [0, 0.1) is 6.92 Å². The number of amides is 1. The minimum absolute atomic E-state index is 0.145. The topological polar surface area (TPSA) is 75.4 Å². The highest BCUT2D eigenvalue weighted by Crippen LogP contribution is 2.20. The van der Waals surface area contributed by atoms with Crippen molar-refractivity contribution >= 4 is 11.9 Å². The summed E-state index contributed by atoms with van der Waals surface area (Å²) in [5.74, 6) is 0.435. The lowest BCUT2D eigenvalue weighted by Crippen LogP contribution is -2.31. The molecule has 21 heavy (non-hydrogen) atoms. The monoisotopic (exact) mass is 289 g/mol. The summed E-state index contributed by atoms with van der Waals surface area (Å²) in [6.45, 7) is 3.69. The predicted octanol–water partition coefficient (Wildman–Crippen LogP) is 1.67. The van der Waals surface area contributed by atoms with E-state index in [1.807, 2.05) is 21.0 Å². The molecule has 2 aromatic rings. The zero-order valence-electron chi connectivity index (χ0n) is 12.9. The third-order valence-corrected chi connectivity index (χ3v) is 3.38. The van der Waals surface area contributed by atoms with Crippen molar-refractivity contribution in [2.24, 2.45) is 0 Å². The Morgan fingerprint density at radius 1 is 1.33 bits per heavy atom. The SMILES string of the molecule is Cc1nc(N(C)C)ncc1C(=O)N(C)[C@H](C)c1ccon1. The molecule has 2 heterocycles. The summed E-state index contributed by atoms with van der Waals surface area (Å²) in [4.78, 5) is 24.5. The van der Waals surface area contributed by atoms with E-state index in [0.29, 0.717) is 22.9 Å². The first-order chi connectivity index (χ1) is 9.91. The molecule has 0 saturated heterocycles. The molecule has 0 fully saturated rings. The lowest BCUT2D eigenvalue weighted by atomic mass is 10.1. The van der Waals surface area contributed by atoms with E-state index in [1.54, 1.807) is 36.0 Å². The summed E-state index contributed by atoms with van der Waals surface area (Å²) in [6.07, 6.45) is 3.05. The van der Waals surface area contributed by atoms with Gasteiger partial charge in [-0.25, -0.2) is 9.97 Å². The number of carbonyl (C=O) groups is 1. The molecule has 0 aliphatic rings. The van der Waals surface area contributed by atoms with Crippen LogP contribution < -0.4 is 4.90 Å². The van der Waals surface area contributed by atoms with Gasteiger partial charge in [0.05, 0.1) is 17.3 Å². The van der Waals surface area contributed by atoms with Crippen molar-refractivity contribution < 1.29 is 9.32 Å². The Hall–Kier alpha value is -2.44. The second-order valence-corrected chi connectivity index (χ2v) is 5.08. The van der Waals surface area contributed by atoms with Gasteiger partial charge in [-0.1, -0.05) is 5.16 Å². The van der Waals surface area contributed by atoms with E-state index in [1.165, 1.54) is 6.26 Å². The highest BCUT2D eigenvalue weighted by Gasteiger charge is 2.23. The lowest BCUT2D eigenvalue weighted by Gasteiger charge is -2.23. The van der Waals surface area contributed by atoms with E-state index in [4.69, 9.17) is 4.52 Å². The van der Waals surface area contributed by atoms with Crippen LogP contribution in [0.3, 0.4) is 0 Å². The first-order valence-corrected chi connectivity index (χ1v) is 6.60. The van der Waals surface area contributed by atoms with Crippen LogP contribution in [0.5, 0.6) is 0 Å². The van der Waals surface area contributed by atoms with Crippen LogP contribution in [-0.4, -0.2) is 47.1 Å². The zero-order valence-corrected chi connectivity index (χ0v) is 12.9. The van der Waals surface area contributed by atoms with Crippen molar-refractivity contribution in [3.8, 4) is 0 Å². The number of carbonyl (C=O) groups excluding carboxylic acids is 1. The average molecular weight is 289 g/mol. The second kappa shape index (κ2) is 5.90. The number of hydrogen-bond donors (Lipinski definition) is 0. The van der Waals surface area contributed by atoms with E-state index < -0.39 is 0 Å². The molecule has 7 heteroatoms. The van der Waals surface area contributed by atoms with Crippen molar-refractivity contribution in [3.05, 3.63) is 35.5 Å². The summed E-state index contributed by atoms with van der Waals surface area (Å²) in [5, 5.41) is 3.87. The average Bonchev–Trinajstić information content (AvgIpc) is 2.98. The van der Waals surface area contributed by atoms with Crippen LogP contribution in [-0.2, 0) is 0 Å². The van der Waals surface area contributed by atoms with Gasteiger partial charge in [0.1, 0.15) is 12.0 Å². The van der Waals surface area contributed by atoms with Crippen molar-refractivity contribution in [3.63, 3.8) is 0 Å². The van der Waals surface area contributed by atoms with Crippen molar-refractivity contribution in [1.82, 2.24) is 20.0 Å². The number of hydrogen-bond acceptors (Lipinski definition) is 6. The van der Waals surface area contributed by atoms with Gasteiger partial charge in [-0.2, -0.15) is 0 Å². The Kier molecular flexibility index (Phi) is 4.21. The Balaban J connectivity index is 2.23. The molecule has 2 aromatic heterocycles. The molecule has 0 aliphatic carbocycles. The summed E-state index contributed by atoms with van der Waals surface area (Å²) < 4.78 is 4.82. The number of aryl methyl sites for hydroxylation is 1. The fourth-order valence-electron chi connectivity index (χ4n) is 1.88. The predicted molar refractivity (Wildman–Crippen MR) is 78.1 cm³/mol. The number of rotatable bonds is 4. The fourth-order valence-corrected chi connectivity index (χ4v) is 1.88. The zero-order chi connectivity index (χ0) is 15.6. The van der Waals surface area contributed by atoms with Crippen molar-refractivity contribution in [2.45, 2.75) is 19.9 Å². The molecule has 2 rings (SSSR count). The van der Waals surface area contributed by atoms with Crippen LogP contribution in [0.4, 0.5) is 5.95 Å². The molecule has 1 amide bonds. The van der Waals surface area contributed by atoms with Gasteiger partial charge in [-0.05, 0) is 13.8 Å². The molecule has 0 spiro atoms. The third kappa shape index (κ3) is 3.01. The second-order valence-electron chi connectivity index (χ2n) is 5.08. The van der Waals surface area contributed by atoms with Crippen LogP contribution in [0.15, 0.2) is 23.0 Å². The maximum absolute atomic E-state index is 12.6. The van der Waals surface area contributed by atoms with Gasteiger partial charge >= 0.3 is 0 Å². The standard InChI is InChI=1S/C14H19N5O2/c1-9-11(8-15-14(16-9)18(3)4)13(20)19(5)10(2)12-6-7-21-17-12/h6-8,10H,1-5H3/t10-/m1/s1. The van der Waals surface area contributed by atoms with Crippen molar-refractivity contribution in [2.75, 3.05) is 26.0 Å². The number of anilines is 1. The summed E-state index contributed by atoms with van der Waals surface area (Å²) in [6, 6.07) is 1.55. The van der Waals surface area contributed by atoms with Gasteiger partial charge < -0.3 is 14.3 Å². The first-order valence-electron chi connectivity index (χ1n) is 6.60. The van der Waals surface area contributed by atoms with Crippen LogP contribution in [0.1, 0.15) is 34.7 Å². The molecule has 0 bridgehead atoms. The lowest BCUT2D eigenvalue weighted by molar-refractivity contribution is 0.0736. The van der Waals surface area contributed by atoms with E-state index in [9.17, 15) is 4.79 Å². The first kappa shape index (κ1) is 15.0. The molecule has 0 aromatic carbocycles. The molecule has 7 nitrogen and oxygen atoms in total. The van der Waals surface area contributed by atoms with Gasteiger partial charge in [-0.15, -0.1) is 0 Å². The van der Waals surface area contributed by atoms with Crippen LogP contribution in [0.25, 0.3) is 0 Å². The van der Waals surface area contributed by atoms with E-state index >= 15 is 0 Å². The van der Waals surface area contributed by atoms with Gasteiger partial charge in [0.15, 0.2) is 0 Å². The minimum Gasteiger partial charge on any atom is -0.364 e. The minimum atomic E-state index is -0.191. The molecule has 0 unspecified atom stereocenters. The molecule has 0 radical (unpaired) electrons. The molecule has 0 saturated carbocycles. The van der Waals surface area contributed by atoms with Gasteiger partial charge in [-0.3, -0.25) is 4.79 Å². The van der Waals surface area contributed by atoms with E-state index in [-0.39, 0.29) is 11.9 Å². The Morgan fingerprint density at radius 2 is 2.05 bits per heavy atom. The van der Waals surface area contributed by atoms with Crippen LogP contribution >= 0.6 is 0 Å². The number of aromatic nitrogens is 3. The van der Waals surface area contributed by atoms with E-state index in [0.717, 1.165) is 0 Å². The molecule has 0 N–H and O–H groups in total. The third-order valence-electron chi connectivity index (χ3n) is 3.38. The summed E-state index contributed by atoms with van der Waals surface area (Å²) in [7, 11) is 5.44. The normalized spacial score (nSPS) is 12.0. The number of nitrogens with zero attached hydrogens (tertiary/aromatic N) is 5. The molecule has 0 aliphatic heterocycles. The van der Waals surface area contributed by atoms with Gasteiger partial charge in [0, 0.05) is 33.4 Å². The van der Waals surface area contributed by atoms with Crippen molar-refractivity contribution in [1.29, 1.82) is 0 Å². The molecule has 112 valence electrons. The van der Waals surface area contributed by atoms with Gasteiger partial charge in [0.25, 0.3) is 5.91 Å². The Morgan fingerprint density at radius 3 is 2.57 bits per heavy atom. The molecule has 1 atom stereocenters. The highest BCUT2D eigenvalue weighted by molar-refractivity contribution is 5.95. The van der Waals surface area contributed by atoms with Crippen LogP contribution in [0.2, 0.25) is 0 Å². The Labute approximate surface area is 123 Å². The van der Waals surface area contributed by atoms with E-state index in [2.05, 4.69) is 15.1 Å². The molecular weight excluding hydrogens is 270 g/mol. The molecular formula is C14H19N5O2.